The number of amides is 1. The Balaban J connectivity index is 1.33. The van der Waals surface area contributed by atoms with Crippen molar-refractivity contribution >= 4 is 49.2 Å². The minimum Gasteiger partial charge on any atom is -0.457 e. The third-order valence-corrected chi connectivity index (χ3v) is 7.55. The number of carbonyl (C=O) groups excluding carboxylic acids is 3. The maximum atomic E-state index is 12.9. The predicted molar refractivity (Wildman–Crippen MR) is 152 cm³/mol. The fourth-order valence-electron chi connectivity index (χ4n) is 4.36. The van der Waals surface area contributed by atoms with Gasteiger partial charge in [0.1, 0.15) is 29.3 Å². The van der Waals surface area contributed by atoms with Crippen LogP contribution in [0.25, 0.3) is 0 Å². The Hall–Kier alpha value is -4.07. The van der Waals surface area contributed by atoms with Gasteiger partial charge in [-0.1, -0.05) is 29.8 Å². The molecule has 0 bridgehead atoms. The number of hydrogen-bond donors (Lipinski definition) is 3. The lowest BCUT2D eigenvalue weighted by atomic mass is 10.2. The molecule has 0 radical (unpaired) electrons. The fourth-order valence-corrected chi connectivity index (χ4v) is 5.36. The summed E-state index contributed by atoms with van der Waals surface area (Å²) in [6, 6.07) is 14.3. The third-order valence-electron chi connectivity index (χ3n) is 6.38. The quantitative estimate of drug-likeness (QED) is 0.204. The van der Waals surface area contributed by atoms with Crippen LogP contribution in [-0.4, -0.2) is 50.8 Å². The van der Waals surface area contributed by atoms with Crippen LogP contribution in [0.2, 0.25) is 5.02 Å². The van der Waals surface area contributed by atoms with Crippen LogP contribution < -0.4 is 15.2 Å². The number of phosphoric ester groups is 1. The van der Waals surface area contributed by atoms with Crippen LogP contribution in [-0.2, 0) is 28.2 Å². The Bertz CT molecular complexity index is 1570. The molecule has 5 unspecified atom stereocenters. The van der Waals surface area contributed by atoms with Crippen molar-refractivity contribution in [2.45, 2.75) is 51.0 Å². The number of fused-ring (bicyclic) bond motifs is 1. The van der Waals surface area contributed by atoms with E-state index in [1.165, 1.54) is 43.9 Å². The molecule has 1 saturated heterocycles. The summed E-state index contributed by atoms with van der Waals surface area (Å²) >= 11 is 5.86. The molecule has 2 aliphatic rings. The number of nitrogens with one attached hydrogen (secondary N) is 2. The summed E-state index contributed by atoms with van der Waals surface area (Å²) in [6.07, 6.45) is -1.81. The standard InChI is InChI=1S/C27H27ClN5O9P/c1-16(34)7-12-22(35)39-20-13-21(40-27(20)42-43(37,38)41-19-10-8-18(28)9-11-19)33-15-31-23-24(29-14-30-25(23)33)32-26(36)17-5-3-2-4-6-17/h2-6,8-11,14-15,20-21,24,27H,7,12-13H2,1H3,(H,29,30)(H,32,36)(H,37,38). The number of hydrogen-bond acceptors (Lipinski definition) is 11. The van der Waals surface area contributed by atoms with Gasteiger partial charge in [0.05, 0.1) is 19.1 Å². The first-order valence-corrected chi connectivity index (χ1v) is 15.0. The molecule has 5 atom stereocenters. The highest BCUT2D eigenvalue weighted by Gasteiger charge is 2.45. The first-order chi connectivity index (χ1) is 20.6. The van der Waals surface area contributed by atoms with Gasteiger partial charge in [-0.2, -0.15) is 0 Å². The molecule has 2 aliphatic heterocycles. The Kier molecular flexibility index (Phi) is 9.23. The third kappa shape index (κ3) is 7.66. The molecule has 3 aromatic rings. The molecule has 0 aliphatic carbocycles. The lowest BCUT2D eigenvalue weighted by Gasteiger charge is -2.22. The number of Topliss-reactive ketones (excluding diaryl/α,β-unsaturated/α-hetero) is 1. The van der Waals surface area contributed by atoms with Crippen LogP contribution in [0.3, 0.4) is 0 Å². The van der Waals surface area contributed by atoms with E-state index in [1.807, 2.05) is 0 Å². The summed E-state index contributed by atoms with van der Waals surface area (Å²) in [4.78, 5) is 55.7. The first kappa shape index (κ1) is 30.4. The zero-order valence-corrected chi connectivity index (χ0v) is 24.3. The van der Waals surface area contributed by atoms with Gasteiger partial charge >= 0.3 is 13.8 Å². The molecular weight excluding hydrogens is 605 g/mol. The summed E-state index contributed by atoms with van der Waals surface area (Å²) in [5, 5.41) is 6.17. The molecule has 3 N–H and O–H groups in total. The van der Waals surface area contributed by atoms with Crippen LogP contribution >= 0.6 is 19.4 Å². The highest BCUT2D eigenvalue weighted by atomic mass is 35.5. The molecule has 0 saturated carbocycles. The number of benzene rings is 2. The predicted octanol–water partition coefficient (Wildman–Crippen LogP) is 4.14. The van der Waals surface area contributed by atoms with E-state index in [0.29, 0.717) is 22.1 Å². The Morgan fingerprint density at radius 2 is 1.91 bits per heavy atom. The zero-order valence-electron chi connectivity index (χ0n) is 22.7. The summed E-state index contributed by atoms with van der Waals surface area (Å²) in [6.45, 7) is 1.35. The number of phosphoric acid groups is 1. The van der Waals surface area contributed by atoms with E-state index in [0.717, 1.165) is 0 Å². The van der Waals surface area contributed by atoms with Gasteiger partial charge in [0.15, 0.2) is 12.3 Å². The highest BCUT2D eigenvalue weighted by molar-refractivity contribution is 7.47. The van der Waals surface area contributed by atoms with Crippen molar-refractivity contribution < 1.29 is 42.4 Å². The van der Waals surface area contributed by atoms with Crippen LogP contribution in [0.1, 0.15) is 54.6 Å². The van der Waals surface area contributed by atoms with Crippen molar-refractivity contribution in [2.24, 2.45) is 4.99 Å². The van der Waals surface area contributed by atoms with Crippen molar-refractivity contribution in [3.63, 3.8) is 0 Å². The normalized spacial score (nSPS) is 22.1. The van der Waals surface area contributed by atoms with E-state index in [-0.39, 0.29) is 36.7 Å². The minimum absolute atomic E-state index is 0.00976. The second-order valence-electron chi connectivity index (χ2n) is 9.59. The topological polar surface area (TPSA) is 180 Å². The van der Waals surface area contributed by atoms with Gasteiger partial charge in [-0.15, -0.1) is 0 Å². The molecular formula is C27H27ClN5O9P. The minimum atomic E-state index is -4.79. The van der Waals surface area contributed by atoms with Crippen molar-refractivity contribution in [2.75, 3.05) is 5.32 Å². The number of ketones is 1. The average Bonchev–Trinajstić information content (AvgIpc) is 3.57. The lowest BCUT2D eigenvalue weighted by Crippen LogP contribution is -2.30. The van der Waals surface area contributed by atoms with Gasteiger partial charge in [0.25, 0.3) is 5.91 Å². The Morgan fingerprint density at radius 3 is 2.63 bits per heavy atom. The number of nitrogens with zero attached hydrogens (tertiary/aromatic N) is 3. The fraction of sp³-hybridized carbons (Fsp3) is 0.296. The number of halogens is 1. The molecule has 3 heterocycles. The summed E-state index contributed by atoms with van der Waals surface area (Å²) in [5.74, 6) is -0.840. The van der Waals surface area contributed by atoms with Crippen molar-refractivity contribution in [3.05, 3.63) is 77.2 Å². The second-order valence-corrected chi connectivity index (χ2v) is 11.4. The van der Waals surface area contributed by atoms with Crippen LogP contribution in [0, 0.1) is 0 Å². The molecule has 226 valence electrons. The molecule has 2 aromatic carbocycles. The number of carbonyl (C=O) groups is 3. The van der Waals surface area contributed by atoms with E-state index < -0.39 is 38.6 Å². The average molecular weight is 632 g/mol. The number of aliphatic imine (C=N–C) groups is 1. The second kappa shape index (κ2) is 13.1. The van der Waals surface area contributed by atoms with Gasteiger partial charge in [0, 0.05) is 23.4 Å². The van der Waals surface area contributed by atoms with Gasteiger partial charge in [-0.3, -0.25) is 19.0 Å². The molecule has 16 heteroatoms. The van der Waals surface area contributed by atoms with Gasteiger partial charge in [-0.05, 0) is 43.3 Å². The summed E-state index contributed by atoms with van der Waals surface area (Å²) in [7, 11) is -4.79. The van der Waals surface area contributed by atoms with Crippen molar-refractivity contribution in [1.82, 2.24) is 14.9 Å². The van der Waals surface area contributed by atoms with E-state index in [1.54, 1.807) is 34.9 Å². The number of aromatic nitrogens is 2. The maximum Gasteiger partial charge on any atom is 0.529 e. The molecule has 14 nitrogen and oxygen atoms in total. The number of ether oxygens (including phenoxy) is 2. The molecule has 1 amide bonds. The smallest absolute Gasteiger partial charge is 0.457 e. The number of rotatable bonds is 11. The largest absolute Gasteiger partial charge is 0.529 e. The summed E-state index contributed by atoms with van der Waals surface area (Å²) < 4.78 is 36.3. The van der Waals surface area contributed by atoms with Crippen LogP contribution in [0.5, 0.6) is 5.75 Å². The van der Waals surface area contributed by atoms with Crippen LogP contribution in [0.15, 0.2) is 65.9 Å². The van der Waals surface area contributed by atoms with E-state index in [9.17, 15) is 23.8 Å². The molecule has 1 aromatic heterocycles. The zero-order chi connectivity index (χ0) is 30.6. The lowest BCUT2D eigenvalue weighted by molar-refractivity contribution is -0.170. The summed E-state index contributed by atoms with van der Waals surface area (Å²) in [5.41, 5.74) is 0.827. The Labute approximate surface area is 250 Å². The number of anilines is 1. The SMILES string of the molecule is CC(=O)CCC(=O)OC1CC(n2cnc3c2NC=NC3NC(=O)c2ccccc2)OC1OP(=O)(O)Oc1ccc(Cl)cc1. The van der Waals surface area contributed by atoms with E-state index >= 15 is 0 Å². The van der Waals surface area contributed by atoms with Crippen LogP contribution in [0.4, 0.5) is 5.82 Å². The number of esters is 1. The Morgan fingerprint density at radius 1 is 1.16 bits per heavy atom. The van der Waals surface area contributed by atoms with E-state index in [4.69, 9.17) is 30.1 Å². The van der Waals surface area contributed by atoms with Crippen molar-refractivity contribution in [1.29, 1.82) is 0 Å². The van der Waals surface area contributed by atoms with Gasteiger partial charge in [0.2, 0.25) is 6.29 Å². The van der Waals surface area contributed by atoms with Crippen molar-refractivity contribution in [3.8, 4) is 5.75 Å². The number of imidazole rings is 1. The molecule has 5 rings (SSSR count). The molecule has 1 fully saturated rings. The monoisotopic (exact) mass is 631 g/mol. The highest BCUT2D eigenvalue weighted by Crippen LogP contribution is 2.49. The van der Waals surface area contributed by atoms with E-state index in [2.05, 4.69) is 20.6 Å². The molecule has 43 heavy (non-hydrogen) atoms. The van der Waals surface area contributed by atoms with Gasteiger partial charge < -0.3 is 29.4 Å². The molecule has 0 spiro atoms. The maximum absolute atomic E-state index is 12.9. The van der Waals surface area contributed by atoms with Gasteiger partial charge in [-0.25, -0.2) is 19.1 Å². The first-order valence-electron chi connectivity index (χ1n) is 13.1.